The Hall–Kier alpha value is -1.74. The summed E-state index contributed by atoms with van der Waals surface area (Å²) < 4.78 is 0. The molecule has 2 aromatic rings. The van der Waals surface area contributed by atoms with Crippen molar-refractivity contribution < 1.29 is 4.79 Å². The standard InChI is InChI=1S/C13H11NOS/c1-10-13(16-9-14-10)12(15)8-7-11-5-3-2-4-6-11/h2-9H,1H3. The smallest absolute Gasteiger partial charge is 0.197 e. The minimum atomic E-state index is 0.0175. The Morgan fingerprint density at radius 3 is 2.69 bits per heavy atom. The molecule has 2 rings (SSSR count). The average molecular weight is 229 g/mol. The lowest BCUT2D eigenvalue weighted by molar-refractivity contribution is 0.105. The van der Waals surface area contributed by atoms with Gasteiger partial charge < -0.3 is 0 Å². The van der Waals surface area contributed by atoms with Gasteiger partial charge >= 0.3 is 0 Å². The third-order valence-corrected chi connectivity index (χ3v) is 3.14. The average Bonchev–Trinajstić information content (AvgIpc) is 2.74. The zero-order valence-corrected chi connectivity index (χ0v) is 9.70. The van der Waals surface area contributed by atoms with Crippen LogP contribution in [0.3, 0.4) is 0 Å². The quantitative estimate of drug-likeness (QED) is 0.596. The van der Waals surface area contributed by atoms with Gasteiger partial charge in [-0.1, -0.05) is 36.4 Å². The van der Waals surface area contributed by atoms with Crippen molar-refractivity contribution in [1.82, 2.24) is 4.98 Å². The van der Waals surface area contributed by atoms with Crippen molar-refractivity contribution >= 4 is 23.2 Å². The number of rotatable bonds is 3. The number of thiazole rings is 1. The summed E-state index contributed by atoms with van der Waals surface area (Å²) in [5, 5.41) is 0. The molecule has 80 valence electrons. The van der Waals surface area contributed by atoms with Crippen molar-refractivity contribution in [2.24, 2.45) is 0 Å². The second-order valence-corrected chi connectivity index (χ2v) is 4.23. The van der Waals surface area contributed by atoms with Gasteiger partial charge in [0, 0.05) is 0 Å². The Bertz CT molecular complexity index is 514. The Morgan fingerprint density at radius 2 is 2.06 bits per heavy atom. The molecule has 1 aromatic heterocycles. The van der Waals surface area contributed by atoms with E-state index in [1.807, 2.05) is 43.3 Å². The van der Waals surface area contributed by atoms with Crippen LogP contribution in [0.25, 0.3) is 6.08 Å². The fourth-order valence-electron chi connectivity index (χ4n) is 1.35. The number of carbonyl (C=O) groups excluding carboxylic acids is 1. The van der Waals surface area contributed by atoms with Crippen molar-refractivity contribution in [3.05, 3.63) is 58.1 Å². The topological polar surface area (TPSA) is 30.0 Å². The second kappa shape index (κ2) is 4.86. The predicted octanol–water partition coefficient (Wildman–Crippen LogP) is 3.35. The lowest BCUT2D eigenvalue weighted by Gasteiger charge is -1.92. The highest BCUT2D eigenvalue weighted by Gasteiger charge is 2.07. The molecule has 2 nitrogen and oxygen atoms in total. The number of benzene rings is 1. The van der Waals surface area contributed by atoms with Crippen LogP contribution in [0.2, 0.25) is 0 Å². The number of aryl methyl sites for hydroxylation is 1. The summed E-state index contributed by atoms with van der Waals surface area (Å²) in [6, 6.07) is 9.77. The van der Waals surface area contributed by atoms with E-state index in [9.17, 15) is 4.79 Å². The molecule has 0 aliphatic rings. The van der Waals surface area contributed by atoms with E-state index in [0.717, 1.165) is 11.3 Å². The number of allylic oxidation sites excluding steroid dienone is 1. The maximum absolute atomic E-state index is 11.8. The van der Waals surface area contributed by atoms with Crippen LogP contribution in [-0.4, -0.2) is 10.8 Å². The summed E-state index contributed by atoms with van der Waals surface area (Å²) in [4.78, 5) is 16.6. The summed E-state index contributed by atoms with van der Waals surface area (Å²) in [5.41, 5.74) is 3.52. The number of carbonyl (C=O) groups is 1. The normalized spacial score (nSPS) is 10.8. The molecule has 0 saturated heterocycles. The van der Waals surface area contributed by atoms with E-state index in [2.05, 4.69) is 4.98 Å². The highest BCUT2D eigenvalue weighted by atomic mass is 32.1. The molecule has 0 saturated carbocycles. The summed E-state index contributed by atoms with van der Waals surface area (Å²) in [6.07, 6.45) is 3.41. The molecule has 0 fully saturated rings. The zero-order chi connectivity index (χ0) is 11.4. The third kappa shape index (κ3) is 2.44. The molecule has 0 amide bonds. The fraction of sp³-hybridized carbons (Fsp3) is 0.0769. The maximum Gasteiger partial charge on any atom is 0.197 e. The van der Waals surface area contributed by atoms with Gasteiger partial charge in [0.05, 0.1) is 16.1 Å². The lowest BCUT2D eigenvalue weighted by atomic mass is 10.2. The van der Waals surface area contributed by atoms with E-state index in [1.54, 1.807) is 11.6 Å². The number of hydrogen-bond donors (Lipinski definition) is 0. The molecule has 16 heavy (non-hydrogen) atoms. The molecular weight excluding hydrogens is 218 g/mol. The van der Waals surface area contributed by atoms with Gasteiger partial charge in [-0.05, 0) is 18.6 Å². The highest BCUT2D eigenvalue weighted by molar-refractivity contribution is 7.12. The number of aromatic nitrogens is 1. The van der Waals surface area contributed by atoms with Crippen molar-refractivity contribution in [3.8, 4) is 0 Å². The largest absolute Gasteiger partial charge is 0.288 e. The summed E-state index contributed by atoms with van der Waals surface area (Å²) in [7, 11) is 0. The maximum atomic E-state index is 11.8. The van der Waals surface area contributed by atoms with Gasteiger partial charge in [0.2, 0.25) is 0 Å². The first-order chi connectivity index (χ1) is 7.77. The molecule has 1 aromatic carbocycles. The van der Waals surface area contributed by atoms with Gasteiger partial charge in [-0.15, -0.1) is 11.3 Å². The fourth-order valence-corrected chi connectivity index (χ4v) is 2.07. The third-order valence-electron chi connectivity index (χ3n) is 2.20. The van der Waals surface area contributed by atoms with Crippen LogP contribution in [0.15, 0.2) is 41.9 Å². The Balaban J connectivity index is 2.15. The molecular formula is C13H11NOS. The van der Waals surface area contributed by atoms with Crippen LogP contribution in [0.4, 0.5) is 0 Å². The lowest BCUT2D eigenvalue weighted by Crippen LogP contribution is -1.92. The molecule has 1 heterocycles. The number of hydrogen-bond acceptors (Lipinski definition) is 3. The van der Waals surface area contributed by atoms with Crippen LogP contribution in [-0.2, 0) is 0 Å². The monoisotopic (exact) mass is 229 g/mol. The molecule has 0 unspecified atom stereocenters. The summed E-state index contributed by atoms with van der Waals surface area (Å²) in [6.45, 7) is 1.85. The second-order valence-electron chi connectivity index (χ2n) is 3.38. The van der Waals surface area contributed by atoms with Gasteiger partial charge in [0.15, 0.2) is 5.78 Å². The summed E-state index contributed by atoms with van der Waals surface area (Å²) >= 11 is 1.38. The van der Waals surface area contributed by atoms with Crippen molar-refractivity contribution in [2.75, 3.05) is 0 Å². The predicted molar refractivity (Wildman–Crippen MR) is 66.7 cm³/mol. The Morgan fingerprint density at radius 1 is 1.31 bits per heavy atom. The van der Waals surface area contributed by atoms with Gasteiger partial charge in [-0.25, -0.2) is 4.98 Å². The van der Waals surface area contributed by atoms with E-state index in [4.69, 9.17) is 0 Å². The van der Waals surface area contributed by atoms with Crippen molar-refractivity contribution in [3.63, 3.8) is 0 Å². The van der Waals surface area contributed by atoms with Crippen LogP contribution < -0.4 is 0 Å². The molecule has 0 aliphatic heterocycles. The Labute approximate surface area is 98.3 Å². The van der Waals surface area contributed by atoms with Crippen molar-refractivity contribution in [1.29, 1.82) is 0 Å². The van der Waals surface area contributed by atoms with Crippen LogP contribution in [0.5, 0.6) is 0 Å². The zero-order valence-electron chi connectivity index (χ0n) is 8.88. The van der Waals surface area contributed by atoms with E-state index < -0.39 is 0 Å². The van der Waals surface area contributed by atoms with Crippen LogP contribution in [0, 0.1) is 6.92 Å². The first-order valence-electron chi connectivity index (χ1n) is 4.95. The van der Waals surface area contributed by atoms with Gasteiger partial charge in [0.1, 0.15) is 0 Å². The minimum absolute atomic E-state index is 0.0175. The van der Waals surface area contributed by atoms with Gasteiger partial charge in [-0.2, -0.15) is 0 Å². The first kappa shape index (κ1) is 10.8. The number of ketones is 1. The molecule has 0 aliphatic carbocycles. The molecule has 0 spiro atoms. The molecule has 0 atom stereocenters. The van der Waals surface area contributed by atoms with Gasteiger partial charge in [0.25, 0.3) is 0 Å². The Kier molecular flexibility index (Phi) is 3.27. The molecule has 0 radical (unpaired) electrons. The van der Waals surface area contributed by atoms with E-state index in [-0.39, 0.29) is 5.78 Å². The number of nitrogens with zero attached hydrogens (tertiary/aromatic N) is 1. The van der Waals surface area contributed by atoms with E-state index >= 15 is 0 Å². The van der Waals surface area contributed by atoms with Crippen molar-refractivity contribution in [2.45, 2.75) is 6.92 Å². The van der Waals surface area contributed by atoms with E-state index in [1.165, 1.54) is 11.3 Å². The van der Waals surface area contributed by atoms with Crippen LogP contribution in [0.1, 0.15) is 20.9 Å². The van der Waals surface area contributed by atoms with Crippen LogP contribution >= 0.6 is 11.3 Å². The summed E-state index contributed by atoms with van der Waals surface area (Å²) in [5.74, 6) is 0.0175. The van der Waals surface area contributed by atoms with E-state index in [0.29, 0.717) is 4.88 Å². The molecule has 0 bridgehead atoms. The highest BCUT2D eigenvalue weighted by Crippen LogP contribution is 2.14. The van der Waals surface area contributed by atoms with Gasteiger partial charge in [-0.3, -0.25) is 4.79 Å². The molecule has 0 N–H and O–H groups in total. The minimum Gasteiger partial charge on any atom is -0.288 e. The first-order valence-corrected chi connectivity index (χ1v) is 5.83. The molecule has 3 heteroatoms. The SMILES string of the molecule is Cc1ncsc1C(=O)C=Cc1ccccc1.